The SMILES string of the molecule is CO[Si](CCCOCC(O)CNC(C)CC(C)CC(C)CC(C)NCC(O)COCCC[Si](OC)(OC)OC)(OC)OC. The van der Waals surface area contributed by atoms with Gasteiger partial charge in [0.2, 0.25) is 0 Å². The summed E-state index contributed by atoms with van der Waals surface area (Å²) in [7, 11) is 4.49. The van der Waals surface area contributed by atoms with E-state index in [4.69, 9.17) is 36.0 Å². The summed E-state index contributed by atoms with van der Waals surface area (Å²) in [4.78, 5) is 0. The summed E-state index contributed by atoms with van der Waals surface area (Å²) >= 11 is 0. The molecular weight excluding hydrogens is 592 g/mol. The predicted octanol–water partition coefficient (Wildman–Crippen LogP) is 2.68. The Balaban J connectivity index is 4.02. The van der Waals surface area contributed by atoms with E-state index < -0.39 is 29.8 Å². The Kier molecular flexibility index (Phi) is 25.1. The number of aliphatic hydroxyl groups excluding tert-OH is 2. The van der Waals surface area contributed by atoms with Crippen molar-refractivity contribution in [3.05, 3.63) is 0 Å². The normalized spacial score (nSPS) is 17.0. The molecule has 4 N–H and O–H groups in total. The Morgan fingerprint density at radius 1 is 0.535 bits per heavy atom. The van der Waals surface area contributed by atoms with Crippen molar-refractivity contribution >= 4 is 17.6 Å². The lowest BCUT2D eigenvalue weighted by atomic mass is 9.89. The molecule has 0 aliphatic heterocycles. The van der Waals surface area contributed by atoms with Crippen molar-refractivity contribution in [2.75, 3.05) is 82.2 Å². The lowest BCUT2D eigenvalue weighted by molar-refractivity contribution is 0.0336. The molecular formula is C29H66N2O10Si2. The summed E-state index contributed by atoms with van der Waals surface area (Å²) in [6.45, 7) is 11.5. The summed E-state index contributed by atoms with van der Waals surface area (Å²) in [5, 5.41) is 27.5. The van der Waals surface area contributed by atoms with Crippen molar-refractivity contribution in [2.24, 2.45) is 11.8 Å². The van der Waals surface area contributed by atoms with Gasteiger partial charge < -0.3 is 56.9 Å². The van der Waals surface area contributed by atoms with Gasteiger partial charge >= 0.3 is 17.6 Å². The zero-order valence-electron chi connectivity index (χ0n) is 28.8. The van der Waals surface area contributed by atoms with E-state index >= 15 is 0 Å². The third-order valence-corrected chi connectivity index (χ3v) is 13.4. The van der Waals surface area contributed by atoms with Crippen LogP contribution in [0.3, 0.4) is 0 Å². The third-order valence-electron chi connectivity index (χ3n) is 7.75. The fraction of sp³-hybridized carbons (Fsp3) is 1.00. The van der Waals surface area contributed by atoms with Crippen LogP contribution in [0.5, 0.6) is 0 Å². The molecule has 0 saturated heterocycles. The molecule has 0 radical (unpaired) electrons. The number of nitrogens with one attached hydrogen (secondary N) is 2. The molecule has 0 aromatic carbocycles. The molecule has 0 saturated carbocycles. The van der Waals surface area contributed by atoms with Crippen LogP contribution in [0, 0.1) is 11.8 Å². The number of hydrogen-bond donors (Lipinski definition) is 4. The van der Waals surface area contributed by atoms with Gasteiger partial charge in [-0.3, -0.25) is 0 Å². The van der Waals surface area contributed by atoms with E-state index in [1.165, 1.54) is 0 Å². The highest BCUT2D eigenvalue weighted by Crippen LogP contribution is 2.21. The van der Waals surface area contributed by atoms with Gasteiger partial charge in [-0.05, 0) is 57.8 Å². The molecule has 0 heterocycles. The molecule has 12 nitrogen and oxygen atoms in total. The van der Waals surface area contributed by atoms with Crippen LogP contribution < -0.4 is 10.6 Å². The Hall–Kier alpha value is -0.0462. The summed E-state index contributed by atoms with van der Waals surface area (Å²) in [5.74, 6) is 1.11. The smallest absolute Gasteiger partial charge is 0.389 e. The largest absolute Gasteiger partial charge is 0.500 e. The Morgan fingerprint density at radius 3 is 1.16 bits per heavy atom. The van der Waals surface area contributed by atoms with E-state index in [9.17, 15) is 10.2 Å². The Labute approximate surface area is 264 Å². The van der Waals surface area contributed by atoms with Crippen molar-refractivity contribution in [2.45, 2.75) is 96.2 Å². The molecule has 0 bridgehead atoms. The first-order chi connectivity index (χ1) is 20.4. The van der Waals surface area contributed by atoms with Crippen LogP contribution in [-0.2, 0) is 36.0 Å². The van der Waals surface area contributed by atoms with Gasteiger partial charge in [-0.2, -0.15) is 0 Å². The van der Waals surface area contributed by atoms with Gasteiger partial charge in [0, 0.05) is 93.1 Å². The van der Waals surface area contributed by atoms with Crippen LogP contribution in [0.1, 0.15) is 59.8 Å². The molecule has 260 valence electrons. The van der Waals surface area contributed by atoms with Crippen molar-refractivity contribution in [1.29, 1.82) is 0 Å². The van der Waals surface area contributed by atoms with Gasteiger partial charge in [-0.1, -0.05) is 13.8 Å². The first-order valence-corrected chi connectivity index (χ1v) is 19.6. The molecule has 0 rings (SSSR count). The molecule has 14 heteroatoms. The number of hydrogen-bond acceptors (Lipinski definition) is 12. The maximum absolute atomic E-state index is 10.3. The Morgan fingerprint density at radius 2 is 0.860 bits per heavy atom. The fourth-order valence-electron chi connectivity index (χ4n) is 5.38. The summed E-state index contributed by atoms with van der Waals surface area (Å²) < 4.78 is 43.7. The molecule has 0 aliphatic carbocycles. The fourth-order valence-corrected chi connectivity index (χ4v) is 8.76. The number of rotatable bonds is 30. The molecule has 0 aromatic rings. The minimum atomic E-state index is -2.57. The number of ether oxygens (including phenoxy) is 2. The zero-order valence-corrected chi connectivity index (χ0v) is 30.8. The van der Waals surface area contributed by atoms with Crippen LogP contribution in [0.2, 0.25) is 12.1 Å². The molecule has 6 atom stereocenters. The van der Waals surface area contributed by atoms with Crippen LogP contribution in [-0.4, -0.2) is 134 Å². The average Bonchev–Trinajstić information content (AvgIpc) is 2.99. The molecule has 0 aromatic heterocycles. The van der Waals surface area contributed by atoms with E-state index in [-0.39, 0.29) is 0 Å². The lowest BCUT2D eigenvalue weighted by Gasteiger charge is -2.25. The highest BCUT2D eigenvalue weighted by molar-refractivity contribution is 6.60. The highest BCUT2D eigenvalue weighted by atomic mass is 28.4. The molecule has 0 amide bonds. The second kappa shape index (κ2) is 25.1. The summed E-state index contributed by atoms with van der Waals surface area (Å²) in [6.07, 6.45) is 3.59. The second-order valence-corrected chi connectivity index (χ2v) is 18.0. The molecule has 0 fully saturated rings. The van der Waals surface area contributed by atoms with Crippen molar-refractivity contribution in [1.82, 2.24) is 10.6 Å². The lowest BCUT2D eigenvalue weighted by Crippen LogP contribution is -2.42. The standard InChI is InChI=1S/C29H66N2O10Si2/c1-24(18-26(3)30-20-28(32)22-40-13-11-15-42(34-5,35-6)36-7)17-25(2)19-27(4)31-21-29(33)23-41-14-12-16-43(37-8,38-9)39-10/h24-33H,11-23H2,1-10H3. The van der Waals surface area contributed by atoms with Gasteiger partial charge in [0.25, 0.3) is 0 Å². The first kappa shape index (κ1) is 43.0. The van der Waals surface area contributed by atoms with E-state index in [0.29, 0.717) is 75.5 Å². The minimum absolute atomic E-state index is 0.290. The predicted molar refractivity (Wildman–Crippen MR) is 173 cm³/mol. The number of aliphatic hydroxyl groups is 2. The van der Waals surface area contributed by atoms with Crippen LogP contribution in [0.25, 0.3) is 0 Å². The second-order valence-electron chi connectivity index (χ2n) is 11.8. The van der Waals surface area contributed by atoms with Gasteiger partial charge in [0.15, 0.2) is 0 Å². The van der Waals surface area contributed by atoms with Gasteiger partial charge in [-0.25, -0.2) is 0 Å². The van der Waals surface area contributed by atoms with Gasteiger partial charge in [-0.15, -0.1) is 0 Å². The third kappa shape index (κ3) is 19.9. The van der Waals surface area contributed by atoms with Crippen molar-refractivity contribution in [3.63, 3.8) is 0 Å². The monoisotopic (exact) mass is 658 g/mol. The van der Waals surface area contributed by atoms with Crippen LogP contribution in [0.4, 0.5) is 0 Å². The molecule has 6 unspecified atom stereocenters. The van der Waals surface area contributed by atoms with E-state index in [2.05, 4.69) is 38.3 Å². The minimum Gasteiger partial charge on any atom is -0.389 e. The van der Waals surface area contributed by atoms with Gasteiger partial charge in [0.1, 0.15) is 0 Å². The van der Waals surface area contributed by atoms with E-state index in [0.717, 1.165) is 32.1 Å². The van der Waals surface area contributed by atoms with Crippen LogP contribution in [0.15, 0.2) is 0 Å². The zero-order chi connectivity index (χ0) is 32.7. The molecule has 43 heavy (non-hydrogen) atoms. The van der Waals surface area contributed by atoms with Gasteiger partial charge in [0.05, 0.1) is 25.4 Å². The topological polar surface area (TPSA) is 138 Å². The Bertz CT molecular complexity index is 582. The maximum Gasteiger partial charge on any atom is 0.500 e. The van der Waals surface area contributed by atoms with E-state index in [1.807, 2.05) is 0 Å². The molecule has 0 spiro atoms. The van der Waals surface area contributed by atoms with Crippen molar-refractivity contribution in [3.8, 4) is 0 Å². The average molecular weight is 659 g/mol. The molecule has 0 aliphatic rings. The van der Waals surface area contributed by atoms with E-state index in [1.54, 1.807) is 42.7 Å². The van der Waals surface area contributed by atoms with Crippen LogP contribution >= 0.6 is 0 Å². The maximum atomic E-state index is 10.3. The summed E-state index contributed by atoms with van der Waals surface area (Å²) in [5.41, 5.74) is 0. The summed E-state index contributed by atoms with van der Waals surface area (Å²) in [6, 6.07) is 1.95. The quantitative estimate of drug-likeness (QED) is 0.0667. The first-order valence-electron chi connectivity index (χ1n) is 15.7. The van der Waals surface area contributed by atoms with Crippen molar-refractivity contribution < 1.29 is 46.2 Å². The highest BCUT2D eigenvalue weighted by Gasteiger charge is 2.37.